The van der Waals surface area contributed by atoms with E-state index in [9.17, 15) is 9.59 Å². The molecule has 1 aromatic carbocycles. The molecule has 0 fully saturated rings. The van der Waals surface area contributed by atoms with Crippen molar-refractivity contribution in [3.8, 4) is 0 Å². The van der Waals surface area contributed by atoms with Gasteiger partial charge in [0.2, 0.25) is 0 Å². The van der Waals surface area contributed by atoms with Crippen molar-refractivity contribution in [2.75, 3.05) is 6.54 Å². The average Bonchev–Trinajstić information content (AvgIpc) is 2.34. The summed E-state index contributed by atoms with van der Waals surface area (Å²) in [6.45, 7) is 0.0935. The summed E-state index contributed by atoms with van der Waals surface area (Å²) in [4.78, 5) is 24.2. The SMILES string of the molecule is [N-]=[N+]=NCC=Cc1ccc(C(=O)O)cc1C(=O)O. The van der Waals surface area contributed by atoms with Crippen LogP contribution in [0.25, 0.3) is 16.5 Å². The van der Waals surface area contributed by atoms with Crippen molar-refractivity contribution in [1.82, 2.24) is 0 Å². The van der Waals surface area contributed by atoms with E-state index in [0.717, 1.165) is 6.07 Å². The molecule has 2 N–H and O–H groups in total. The maximum Gasteiger partial charge on any atom is 0.336 e. The third-order valence-electron chi connectivity index (χ3n) is 2.08. The summed E-state index contributed by atoms with van der Waals surface area (Å²) >= 11 is 0. The van der Waals surface area contributed by atoms with E-state index in [0.29, 0.717) is 5.56 Å². The Morgan fingerprint density at radius 2 is 2.06 bits per heavy atom. The van der Waals surface area contributed by atoms with Crippen molar-refractivity contribution in [3.63, 3.8) is 0 Å². The lowest BCUT2D eigenvalue weighted by Crippen LogP contribution is -2.04. The zero-order valence-corrected chi connectivity index (χ0v) is 9.15. The molecule has 0 unspecified atom stereocenters. The first-order valence-corrected chi connectivity index (χ1v) is 4.84. The van der Waals surface area contributed by atoms with Crippen molar-refractivity contribution in [3.05, 3.63) is 51.4 Å². The minimum atomic E-state index is -1.22. The van der Waals surface area contributed by atoms with Crippen LogP contribution in [0.1, 0.15) is 26.3 Å². The van der Waals surface area contributed by atoms with Crippen LogP contribution in [0.3, 0.4) is 0 Å². The molecule has 0 spiro atoms. The van der Waals surface area contributed by atoms with Gasteiger partial charge in [0.15, 0.2) is 0 Å². The molecule has 7 heteroatoms. The van der Waals surface area contributed by atoms with Crippen LogP contribution >= 0.6 is 0 Å². The molecule has 0 aliphatic carbocycles. The van der Waals surface area contributed by atoms with Crippen LogP contribution in [0, 0.1) is 0 Å². The summed E-state index contributed by atoms with van der Waals surface area (Å²) in [6.07, 6.45) is 2.95. The van der Waals surface area contributed by atoms with Crippen LogP contribution < -0.4 is 0 Å². The zero-order valence-electron chi connectivity index (χ0n) is 9.15. The van der Waals surface area contributed by atoms with Crippen LogP contribution in [0.4, 0.5) is 0 Å². The molecule has 0 atom stereocenters. The molecule has 0 aromatic heterocycles. The molecule has 7 nitrogen and oxygen atoms in total. The van der Waals surface area contributed by atoms with Gasteiger partial charge < -0.3 is 10.2 Å². The van der Waals surface area contributed by atoms with Gasteiger partial charge in [0.1, 0.15) is 0 Å². The molecule has 0 aliphatic heterocycles. The Morgan fingerprint density at radius 3 is 2.61 bits per heavy atom. The van der Waals surface area contributed by atoms with E-state index in [1.54, 1.807) is 0 Å². The molecule has 92 valence electrons. The largest absolute Gasteiger partial charge is 0.478 e. The highest BCUT2D eigenvalue weighted by atomic mass is 16.4. The number of hydrogen-bond donors (Lipinski definition) is 2. The Morgan fingerprint density at radius 1 is 1.33 bits per heavy atom. The second-order valence-corrected chi connectivity index (χ2v) is 3.23. The predicted molar refractivity (Wildman–Crippen MR) is 63.4 cm³/mol. The van der Waals surface area contributed by atoms with E-state index in [2.05, 4.69) is 10.0 Å². The normalized spacial score (nSPS) is 10.0. The van der Waals surface area contributed by atoms with Gasteiger partial charge in [0, 0.05) is 11.5 Å². The van der Waals surface area contributed by atoms with Crippen molar-refractivity contribution in [1.29, 1.82) is 0 Å². The Bertz CT molecular complexity index is 559. The van der Waals surface area contributed by atoms with Crippen molar-refractivity contribution >= 4 is 18.0 Å². The quantitative estimate of drug-likeness (QED) is 0.471. The van der Waals surface area contributed by atoms with Crippen LogP contribution in [0.15, 0.2) is 29.4 Å². The molecule has 1 aromatic rings. The zero-order chi connectivity index (χ0) is 13.5. The van der Waals surface area contributed by atoms with Gasteiger partial charge in [0.25, 0.3) is 0 Å². The van der Waals surface area contributed by atoms with Crippen molar-refractivity contribution < 1.29 is 19.8 Å². The molecule has 0 saturated carbocycles. The lowest BCUT2D eigenvalue weighted by molar-refractivity contribution is 0.0695. The fourth-order valence-electron chi connectivity index (χ4n) is 1.28. The molecule has 0 heterocycles. The van der Waals surface area contributed by atoms with Crippen LogP contribution in [-0.4, -0.2) is 28.7 Å². The van der Waals surface area contributed by atoms with Gasteiger partial charge in [-0.25, -0.2) is 9.59 Å². The fraction of sp³-hybridized carbons (Fsp3) is 0.0909. The molecule has 18 heavy (non-hydrogen) atoms. The number of azide groups is 1. The highest BCUT2D eigenvalue weighted by Gasteiger charge is 2.11. The molecular weight excluding hydrogens is 238 g/mol. The van der Waals surface area contributed by atoms with Crippen molar-refractivity contribution in [2.45, 2.75) is 0 Å². The van der Waals surface area contributed by atoms with Crippen LogP contribution in [0.2, 0.25) is 0 Å². The fourth-order valence-corrected chi connectivity index (χ4v) is 1.28. The van der Waals surface area contributed by atoms with Crippen LogP contribution in [0.5, 0.6) is 0 Å². The predicted octanol–water partition coefficient (Wildman–Crippen LogP) is 2.41. The second kappa shape index (κ2) is 6.07. The Labute approximate surface area is 102 Å². The topological polar surface area (TPSA) is 123 Å². The summed E-state index contributed by atoms with van der Waals surface area (Å²) in [5.74, 6) is -2.41. The third-order valence-corrected chi connectivity index (χ3v) is 2.08. The number of aromatic carboxylic acids is 2. The van der Waals surface area contributed by atoms with E-state index in [1.807, 2.05) is 0 Å². The minimum absolute atomic E-state index is 0.0935. The van der Waals surface area contributed by atoms with Crippen molar-refractivity contribution in [2.24, 2.45) is 5.11 Å². The highest BCUT2D eigenvalue weighted by Crippen LogP contribution is 2.14. The molecule has 0 amide bonds. The summed E-state index contributed by atoms with van der Waals surface area (Å²) in [7, 11) is 0. The van der Waals surface area contributed by atoms with E-state index < -0.39 is 11.9 Å². The monoisotopic (exact) mass is 247 g/mol. The number of carboxylic acids is 2. The number of hydrogen-bond acceptors (Lipinski definition) is 3. The highest BCUT2D eigenvalue weighted by molar-refractivity contribution is 5.96. The maximum atomic E-state index is 11.0. The van der Waals surface area contributed by atoms with E-state index >= 15 is 0 Å². The summed E-state index contributed by atoms with van der Waals surface area (Å²) in [6, 6.07) is 3.78. The van der Waals surface area contributed by atoms with Gasteiger partial charge >= 0.3 is 11.9 Å². The van der Waals surface area contributed by atoms with E-state index in [4.69, 9.17) is 15.7 Å². The van der Waals surface area contributed by atoms with Crippen LogP contribution in [-0.2, 0) is 0 Å². The maximum absolute atomic E-state index is 11.0. The summed E-state index contributed by atoms with van der Waals surface area (Å²) in [5, 5.41) is 21.0. The lowest BCUT2D eigenvalue weighted by Gasteiger charge is -2.02. The summed E-state index contributed by atoms with van der Waals surface area (Å²) in [5.41, 5.74) is 8.20. The third kappa shape index (κ3) is 3.36. The van der Waals surface area contributed by atoms with Gasteiger partial charge in [0.05, 0.1) is 11.1 Å². The number of carbonyl (C=O) groups is 2. The van der Waals surface area contributed by atoms with Gasteiger partial charge in [-0.15, -0.1) is 0 Å². The number of rotatable bonds is 5. The summed E-state index contributed by atoms with van der Waals surface area (Å²) < 4.78 is 0. The molecule has 0 radical (unpaired) electrons. The first kappa shape index (κ1) is 13.3. The number of carboxylic acid groups (broad SMARTS) is 2. The number of nitrogens with zero attached hydrogens (tertiary/aromatic N) is 3. The Balaban J connectivity index is 3.11. The minimum Gasteiger partial charge on any atom is -0.478 e. The average molecular weight is 247 g/mol. The molecule has 0 saturated heterocycles. The smallest absolute Gasteiger partial charge is 0.336 e. The Kier molecular flexibility index (Phi) is 4.48. The lowest BCUT2D eigenvalue weighted by atomic mass is 10.0. The molecule has 0 aliphatic rings. The van der Waals surface area contributed by atoms with E-state index in [-0.39, 0.29) is 17.7 Å². The van der Waals surface area contributed by atoms with Gasteiger partial charge in [-0.3, -0.25) is 0 Å². The number of benzene rings is 1. The first-order chi connectivity index (χ1) is 8.56. The Hall–Kier alpha value is -2.79. The van der Waals surface area contributed by atoms with Gasteiger partial charge in [-0.2, -0.15) is 0 Å². The molecular formula is C11H9N3O4. The van der Waals surface area contributed by atoms with E-state index in [1.165, 1.54) is 24.3 Å². The standard InChI is InChI=1S/C11H9N3O4/c12-14-13-5-1-2-7-3-4-8(10(15)16)6-9(7)11(17)18/h1-4,6H,5H2,(H,15,16)(H,17,18). The second-order valence-electron chi connectivity index (χ2n) is 3.23. The molecule has 0 bridgehead atoms. The first-order valence-electron chi connectivity index (χ1n) is 4.84. The van der Waals surface area contributed by atoms with Gasteiger partial charge in [-0.05, 0) is 23.2 Å². The van der Waals surface area contributed by atoms with Gasteiger partial charge in [-0.1, -0.05) is 23.3 Å². The molecule has 1 rings (SSSR count).